The zero-order valence-corrected chi connectivity index (χ0v) is 14.3. The number of benzene rings is 2. The van der Waals surface area contributed by atoms with Gasteiger partial charge in [0.2, 0.25) is 0 Å². The van der Waals surface area contributed by atoms with E-state index in [2.05, 4.69) is 21.4 Å². The van der Waals surface area contributed by atoms with E-state index in [0.717, 1.165) is 31.1 Å². The Morgan fingerprint density at radius 3 is 2.78 bits per heavy atom. The fourth-order valence-corrected chi connectivity index (χ4v) is 3.17. The van der Waals surface area contributed by atoms with E-state index in [-0.39, 0.29) is 11.4 Å². The molecule has 0 unspecified atom stereocenters. The predicted octanol–water partition coefficient (Wildman–Crippen LogP) is 4.09. The van der Waals surface area contributed by atoms with Crippen LogP contribution < -0.4 is 10.2 Å². The zero-order valence-electron chi connectivity index (χ0n) is 14.3. The van der Waals surface area contributed by atoms with Crippen LogP contribution in [0.5, 0.6) is 0 Å². The molecule has 0 atom stereocenters. The van der Waals surface area contributed by atoms with Gasteiger partial charge in [0.1, 0.15) is 29.5 Å². The van der Waals surface area contributed by atoms with Gasteiger partial charge >= 0.3 is 0 Å². The number of amides is 1. The fourth-order valence-electron chi connectivity index (χ4n) is 3.17. The maximum atomic E-state index is 13.8. The Morgan fingerprint density at radius 2 is 1.93 bits per heavy atom. The summed E-state index contributed by atoms with van der Waals surface area (Å²) >= 11 is 0. The number of para-hydroxylation sites is 1. The molecule has 136 valence electrons. The average molecular weight is 366 g/mol. The normalized spacial score (nSPS) is 13.2. The maximum Gasteiger partial charge on any atom is 0.274 e. The van der Waals surface area contributed by atoms with E-state index >= 15 is 0 Å². The second-order valence-electron chi connectivity index (χ2n) is 6.22. The topological polar surface area (TPSA) is 58.1 Å². The summed E-state index contributed by atoms with van der Waals surface area (Å²) in [5, 5.41) is 2.41. The van der Waals surface area contributed by atoms with Crippen LogP contribution in [0.1, 0.15) is 22.5 Å². The van der Waals surface area contributed by atoms with Gasteiger partial charge in [-0.1, -0.05) is 18.2 Å². The van der Waals surface area contributed by atoms with Gasteiger partial charge in [-0.2, -0.15) is 0 Å². The second-order valence-corrected chi connectivity index (χ2v) is 6.22. The minimum atomic E-state index is -0.845. The Morgan fingerprint density at radius 1 is 1.07 bits per heavy atom. The van der Waals surface area contributed by atoms with E-state index in [1.807, 2.05) is 23.1 Å². The molecule has 2 aromatic carbocycles. The van der Waals surface area contributed by atoms with E-state index in [0.29, 0.717) is 11.9 Å². The summed E-state index contributed by atoms with van der Waals surface area (Å²) in [6.07, 6.45) is 3.28. The molecule has 0 fully saturated rings. The number of hydrogen-bond acceptors (Lipinski definition) is 4. The lowest BCUT2D eigenvalue weighted by Crippen LogP contribution is -2.26. The molecule has 0 saturated carbocycles. The number of anilines is 3. The van der Waals surface area contributed by atoms with Crippen LogP contribution in [0.15, 0.2) is 54.9 Å². The van der Waals surface area contributed by atoms with Crippen molar-refractivity contribution in [1.29, 1.82) is 0 Å². The molecule has 0 bridgehead atoms. The van der Waals surface area contributed by atoms with Gasteiger partial charge in [0.05, 0.1) is 5.69 Å². The smallest absolute Gasteiger partial charge is 0.274 e. The molecule has 1 aromatic heterocycles. The molecule has 0 aliphatic carbocycles. The van der Waals surface area contributed by atoms with Crippen LogP contribution in [0, 0.1) is 11.6 Å². The van der Waals surface area contributed by atoms with Gasteiger partial charge in [-0.15, -0.1) is 0 Å². The summed E-state index contributed by atoms with van der Waals surface area (Å²) in [5.41, 5.74) is 2.27. The molecular weight excluding hydrogens is 350 g/mol. The molecule has 1 aliphatic heterocycles. The molecule has 1 aliphatic rings. The summed E-state index contributed by atoms with van der Waals surface area (Å²) in [7, 11) is 0. The molecule has 0 radical (unpaired) electrons. The number of nitrogens with zero attached hydrogens (tertiary/aromatic N) is 3. The second kappa shape index (κ2) is 7.11. The van der Waals surface area contributed by atoms with Crippen molar-refractivity contribution in [3.05, 3.63) is 77.8 Å². The molecule has 4 rings (SSSR count). The number of halogens is 2. The predicted molar refractivity (Wildman–Crippen MR) is 98.1 cm³/mol. The van der Waals surface area contributed by atoms with E-state index in [9.17, 15) is 13.6 Å². The molecular formula is C20H16F2N4O. The largest absolute Gasteiger partial charge is 0.326 e. The van der Waals surface area contributed by atoms with Crippen LogP contribution in [0.3, 0.4) is 0 Å². The summed E-state index contributed by atoms with van der Waals surface area (Å²) in [6, 6.07) is 12.6. The summed E-state index contributed by atoms with van der Waals surface area (Å²) in [5.74, 6) is -1.54. The first kappa shape index (κ1) is 17.1. The lowest BCUT2D eigenvalue weighted by molar-refractivity contribution is 0.102. The number of rotatable bonds is 3. The van der Waals surface area contributed by atoms with Crippen LogP contribution in [-0.4, -0.2) is 22.4 Å². The van der Waals surface area contributed by atoms with Crippen molar-refractivity contribution in [3.63, 3.8) is 0 Å². The van der Waals surface area contributed by atoms with Crippen molar-refractivity contribution in [2.45, 2.75) is 12.8 Å². The van der Waals surface area contributed by atoms with Crippen LogP contribution in [0.25, 0.3) is 0 Å². The summed E-state index contributed by atoms with van der Waals surface area (Å²) < 4.78 is 26.8. The Kier molecular flexibility index (Phi) is 4.50. The third-order valence-corrected chi connectivity index (χ3v) is 4.45. The monoisotopic (exact) mass is 366 g/mol. The first-order valence-electron chi connectivity index (χ1n) is 8.56. The number of aromatic nitrogens is 2. The van der Waals surface area contributed by atoms with Crippen LogP contribution in [0.4, 0.5) is 26.0 Å². The minimum absolute atomic E-state index is 0.103. The average Bonchev–Trinajstić information content (AvgIpc) is 2.69. The van der Waals surface area contributed by atoms with Crippen LogP contribution in [0.2, 0.25) is 0 Å². The number of fused-ring (bicyclic) bond motifs is 1. The van der Waals surface area contributed by atoms with Gasteiger partial charge in [0.15, 0.2) is 0 Å². The molecule has 0 saturated heterocycles. The summed E-state index contributed by atoms with van der Waals surface area (Å²) in [6.45, 7) is 0.779. The number of carbonyl (C=O) groups excluding carboxylic acids is 1. The third kappa shape index (κ3) is 3.48. The first-order valence-corrected chi connectivity index (χ1v) is 8.56. The third-order valence-electron chi connectivity index (χ3n) is 4.45. The van der Waals surface area contributed by atoms with E-state index in [4.69, 9.17) is 0 Å². The highest BCUT2D eigenvalue weighted by Gasteiger charge is 2.20. The zero-order chi connectivity index (χ0) is 18.8. The SMILES string of the molecule is O=C(Nc1ccc(F)cc1F)c1cc(N2CCCc3ccccc32)ncn1. The Hall–Kier alpha value is -3.35. The molecule has 3 aromatic rings. The highest BCUT2D eigenvalue weighted by Crippen LogP contribution is 2.32. The van der Waals surface area contributed by atoms with Gasteiger partial charge in [0.25, 0.3) is 5.91 Å². The highest BCUT2D eigenvalue weighted by molar-refractivity contribution is 6.03. The Balaban J connectivity index is 1.61. The van der Waals surface area contributed by atoms with Gasteiger partial charge in [-0.05, 0) is 36.6 Å². The standard InChI is InChI=1S/C20H16F2N4O/c21-14-7-8-16(15(22)10-14)25-20(27)17-11-19(24-12-23-17)26-9-3-5-13-4-1-2-6-18(13)26/h1-2,4,6-8,10-12H,3,5,9H2,(H,25,27). The molecule has 1 amide bonds. The first-order chi connectivity index (χ1) is 13.1. The van der Waals surface area contributed by atoms with Crippen molar-refractivity contribution in [1.82, 2.24) is 9.97 Å². The minimum Gasteiger partial charge on any atom is -0.326 e. The number of carbonyl (C=O) groups is 1. The van der Waals surface area contributed by atoms with Gasteiger partial charge in [-0.3, -0.25) is 4.79 Å². The highest BCUT2D eigenvalue weighted by atomic mass is 19.1. The molecule has 2 heterocycles. The number of aryl methyl sites for hydroxylation is 1. The van der Waals surface area contributed by atoms with Crippen LogP contribution in [-0.2, 0) is 6.42 Å². The Bertz CT molecular complexity index is 1010. The molecule has 5 nitrogen and oxygen atoms in total. The van der Waals surface area contributed by atoms with Crippen molar-refractivity contribution >= 4 is 23.1 Å². The van der Waals surface area contributed by atoms with Crippen molar-refractivity contribution < 1.29 is 13.6 Å². The lowest BCUT2D eigenvalue weighted by Gasteiger charge is -2.30. The van der Waals surface area contributed by atoms with Crippen molar-refractivity contribution in [2.24, 2.45) is 0 Å². The number of nitrogens with one attached hydrogen (secondary N) is 1. The maximum absolute atomic E-state index is 13.8. The number of hydrogen-bond donors (Lipinski definition) is 1. The lowest BCUT2D eigenvalue weighted by atomic mass is 10.0. The quantitative estimate of drug-likeness (QED) is 0.758. The summed E-state index contributed by atoms with van der Waals surface area (Å²) in [4.78, 5) is 22.8. The van der Waals surface area contributed by atoms with Gasteiger partial charge in [-0.25, -0.2) is 18.7 Å². The van der Waals surface area contributed by atoms with Gasteiger partial charge < -0.3 is 10.2 Å². The Labute approximate surface area is 154 Å². The molecule has 1 N–H and O–H groups in total. The molecule has 27 heavy (non-hydrogen) atoms. The fraction of sp³-hybridized carbons (Fsp3) is 0.150. The van der Waals surface area contributed by atoms with Crippen molar-refractivity contribution in [3.8, 4) is 0 Å². The molecule has 7 heteroatoms. The van der Waals surface area contributed by atoms with Gasteiger partial charge in [0, 0.05) is 24.4 Å². The molecule has 0 spiro atoms. The van der Waals surface area contributed by atoms with Crippen LogP contribution >= 0.6 is 0 Å². The van der Waals surface area contributed by atoms with E-state index < -0.39 is 17.5 Å². The van der Waals surface area contributed by atoms with E-state index in [1.165, 1.54) is 18.0 Å². The van der Waals surface area contributed by atoms with Crippen molar-refractivity contribution in [2.75, 3.05) is 16.8 Å². The van der Waals surface area contributed by atoms with E-state index in [1.54, 1.807) is 6.07 Å².